The fraction of sp³-hybridized carbons (Fsp3) is 1.00. The zero-order valence-corrected chi connectivity index (χ0v) is 32.9. The molecular weight excluding hydrogens is 941 g/mol. The summed E-state index contributed by atoms with van der Waals surface area (Å²) in [5, 5.41) is 61.4. The summed E-state index contributed by atoms with van der Waals surface area (Å²) in [6.07, 6.45) is -26.9. The number of hydrogen-bond acceptors (Lipinski definition) is 25. The van der Waals surface area contributed by atoms with E-state index >= 15 is 0 Å². The van der Waals surface area contributed by atoms with Crippen LogP contribution in [0.3, 0.4) is 0 Å². The van der Waals surface area contributed by atoms with Gasteiger partial charge in [-0.1, -0.05) is 0 Å². The Labute approximate surface area is 309 Å². The minimum absolute atomic E-state index is 1.30. The maximum Gasteiger partial charge on any atom is 0.483 e. The van der Waals surface area contributed by atoms with Crippen LogP contribution in [0.4, 0.5) is 0 Å². The van der Waals surface area contributed by atoms with Crippen LogP contribution < -0.4 is 0 Å². The number of phosphoric acid groups is 7. The summed E-state index contributed by atoms with van der Waals surface area (Å²) in [7, 11) is -39.7. The Morgan fingerprint density at radius 2 is 0.589 bits per heavy atom. The molecule has 3 aliphatic rings. The smallest absolute Gasteiger partial charge is 0.387 e. The minimum atomic E-state index is -5.73. The van der Waals surface area contributed by atoms with E-state index in [-0.39, 0.29) is 0 Å². The van der Waals surface area contributed by atoms with Gasteiger partial charge in [-0.3, -0.25) is 27.1 Å². The van der Waals surface area contributed by atoms with Crippen LogP contribution in [0.1, 0.15) is 0 Å². The molecule has 34 nitrogen and oxygen atoms in total. The third-order valence-electron chi connectivity index (χ3n) is 6.49. The van der Waals surface area contributed by atoms with Crippen molar-refractivity contribution in [2.75, 3.05) is 19.8 Å². The Bertz CT molecular complexity index is 1500. The quantitative estimate of drug-likeness (QED) is 0.0480. The van der Waals surface area contributed by atoms with Gasteiger partial charge in [-0.15, -0.1) is 0 Å². The van der Waals surface area contributed by atoms with Crippen LogP contribution in [0.15, 0.2) is 0 Å². The zero-order valence-electron chi connectivity index (χ0n) is 26.6. The molecule has 56 heavy (non-hydrogen) atoms. The van der Waals surface area contributed by atoms with E-state index in [2.05, 4.69) is 26.5 Å². The van der Waals surface area contributed by atoms with Crippen molar-refractivity contribution < 1.29 is 161 Å². The van der Waals surface area contributed by atoms with E-state index in [0.29, 0.717) is 0 Å². The number of aliphatic hydroxyl groups is 6. The summed E-state index contributed by atoms with van der Waals surface area (Å²) < 4.78 is 135. The first-order chi connectivity index (χ1) is 25.1. The topological polar surface area (TPSA) is 534 Å². The largest absolute Gasteiger partial charge is 0.483 e. The first-order valence-electron chi connectivity index (χ1n) is 14.0. The molecule has 0 saturated carbocycles. The van der Waals surface area contributed by atoms with Crippen LogP contribution in [0, 0.1) is 0 Å². The van der Waals surface area contributed by atoms with Crippen molar-refractivity contribution in [3.05, 3.63) is 0 Å². The second-order valence-corrected chi connectivity index (χ2v) is 20.9. The third kappa shape index (κ3) is 15.8. The van der Waals surface area contributed by atoms with E-state index in [1.807, 2.05) is 0 Å². The van der Waals surface area contributed by atoms with E-state index < -0.39 is 148 Å². The van der Waals surface area contributed by atoms with Gasteiger partial charge in [0.25, 0.3) is 0 Å². The first kappa shape index (κ1) is 50.9. The van der Waals surface area contributed by atoms with Gasteiger partial charge in [0.15, 0.2) is 18.9 Å². The SMILES string of the molecule is O=P(O)(O)OP(=O)(O)O[C@H]1O[C@H](COP(=O)(OC[C@H]2O[C@H](OP(=O)(O)OP(=O)(O)O)[C@H](O)[C@@H]2O)OC[C@H]2O[C@H](OP(=O)(O)OP(=O)(O)O)[C@H](O)[C@@H]2O)[C@@H](O)[C@H]1O. The standard InChI is InChI=1S/C15H33O34P7/c16-7-4(41-13(10(7)19)44-53(31,32)47-50(22,23)24)1-38-56(37,39-2-5-8(17)11(20)14(42-5)45-54(33,34)48-51(25,26)27)40-3-6-9(18)12(21)15(43-6)46-55(35,36)49-52(28,29)30/h4-21H,1-3H2,(H,31,32)(H,33,34)(H,35,36)(H2,22,23,24)(H2,25,26,27)(H2,28,29,30)/t4-,5-,6-,7-,8-,9-,10-,11-,12-,13-,14-,15-/m1/s1. The average molecular weight is 974 g/mol. The van der Waals surface area contributed by atoms with Crippen molar-refractivity contribution in [2.24, 2.45) is 0 Å². The molecule has 3 rings (SSSR count). The number of aliphatic hydroxyl groups excluding tert-OH is 6. The van der Waals surface area contributed by atoms with E-state index in [1.54, 1.807) is 0 Å². The number of rotatable bonds is 21. The molecule has 15 N–H and O–H groups in total. The molecule has 41 heteroatoms. The second kappa shape index (κ2) is 18.9. The molecule has 0 aromatic carbocycles. The summed E-state index contributed by atoms with van der Waals surface area (Å²) in [6, 6.07) is 0. The normalized spacial score (nSPS) is 37.5. The van der Waals surface area contributed by atoms with E-state index in [1.165, 1.54) is 0 Å². The van der Waals surface area contributed by atoms with Gasteiger partial charge < -0.3 is 88.9 Å². The number of phosphoric ester groups is 4. The van der Waals surface area contributed by atoms with Crippen LogP contribution in [-0.2, 0) is 86.2 Å². The van der Waals surface area contributed by atoms with Gasteiger partial charge in [0.05, 0.1) is 19.8 Å². The summed E-state index contributed by atoms with van der Waals surface area (Å²) in [5.41, 5.74) is 0. The van der Waals surface area contributed by atoms with Crippen LogP contribution in [0.5, 0.6) is 0 Å². The van der Waals surface area contributed by atoms with E-state index in [4.69, 9.17) is 57.1 Å². The predicted octanol–water partition coefficient (Wildman–Crippen LogP) is -4.84. The molecule has 3 unspecified atom stereocenters. The van der Waals surface area contributed by atoms with Crippen molar-refractivity contribution in [2.45, 2.75) is 73.8 Å². The lowest BCUT2D eigenvalue weighted by Gasteiger charge is -2.24. The highest BCUT2D eigenvalue weighted by molar-refractivity contribution is 7.61. The fourth-order valence-corrected chi connectivity index (χ4v) is 10.5. The van der Waals surface area contributed by atoms with Crippen LogP contribution >= 0.6 is 54.8 Å². The molecule has 15 atom stereocenters. The number of hydrogen-bond donors (Lipinski definition) is 15. The molecule has 0 radical (unpaired) electrons. The minimum Gasteiger partial charge on any atom is -0.387 e. The molecule has 0 aliphatic carbocycles. The van der Waals surface area contributed by atoms with Gasteiger partial charge in [-0.2, -0.15) is 12.9 Å². The zero-order chi connectivity index (χ0) is 43.0. The van der Waals surface area contributed by atoms with Crippen molar-refractivity contribution in [1.82, 2.24) is 0 Å². The first-order valence-corrected chi connectivity index (χ1v) is 24.6. The van der Waals surface area contributed by atoms with Crippen LogP contribution in [0.25, 0.3) is 0 Å². The van der Waals surface area contributed by atoms with Gasteiger partial charge in [0.1, 0.15) is 54.9 Å². The highest BCUT2D eigenvalue weighted by atomic mass is 31.3. The molecule has 3 aliphatic heterocycles. The summed E-state index contributed by atoms with van der Waals surface area (Å²) in [5.74, 6) is 0. The molecule has 3 saturated heterocycles. The number of ether oxygens (including phenoxy) is 3. The lowest BCUT2D eigenvalue weighted by atomic mass is 10.1. The molecule has 3 heterocycles. The summed E-state index contributed by atoms with van der Waals surface area (Å²) >= 11 is 0. The highest BCUT2D eigenvalue weighted by Crippen LogP contribution is 2.61. The monoisotopic (exact) mass is 974 g/mol. The summed E-state index contributed by atoms with van der Waals surface area (Å²) in [6.45, 7) is -3.89. The maximum absolute atomic E-state index is 13.7. The van der Waals surface area contributed by atoms with Gasteiger partial charge >= 0.3 is 54.8 Å². The Hall–Kier alpha value is 0.530. The Morgan fingerprint density at radius 1 is 0.375 bits per heavy atom. The molecule has 0 bridgehead atoms. The van der Waals surface area contributed by atoms with Crippen molar-refractivity contribution in [3.63, 3.8) is 0 Å². The average Bonchev–Trinajstić information content (AvgIpc) is 3.50. The van der Waals surface area contributed by atoms with Gasteiger partial charge in [0, 0.05) is 0 Å². The lowest BCUT2D eigenvalue weighted by Crippen LogP contribution is -2.36. The maximum atomic E-state index is 13.7. The summed E-state index contributed by atoms with van der Waals surface area (Å²) in [4.78, 5) is 81.0. The van der Waals surface area contributed by atoms with Crippen molar-refractivity contribution >= 4 is 54.8 Å². The predicted molar refractivity (Wildman–Crippen MR) is 160 cm³/mol. The Kier molecular flexibility index (Phi) is 17.2. The Balaban J connectivity index is 1.77. The third-order valence-corrected chi connectivity index (χ3v) is 14.3. The van der Waals surface area contributed by atoms with Crippen LogP contribution in [-0.4, -0.2) is 168 Å². The molecule has 332 valence electrons. The Morgan fingerprint density at radius 3 is 0.786 bits per heavy atom. The van der Waals surface area contributed by atoms with Gasteiger partial charge in [-0.25, -0.2) is 32.0 Å². The van der Waals surface area contributed by atoms with Crippen LogP contribution in [0.2, 0.25) is 0 Å². The molecule has 0 spiro atoms. The second-order valence-electron chi connectivity index (χ2n) is 10.8. The molecule has 3 fully saturated rings. The fourth-order valence-electron chi connectivity index (χ4n) is 4.28. The molecular formula is C15H33O34P7. The van der Waals surface area contributed by atoms with Crippen molar-refractivity contribution in [3.8, 4) is 0 Å². The molecule has 0 amide bonds. The van der Waals surface area contributed by atoms with Gasteiger partial charge in [0.2, 0.25) is 0 Å². The van der Waals surface area contributed by atoms with Gasteiger partial charge in [-0.05, 0) is 0 Å². The highest BCUT2D eigenvalue weighted by Gasteiger charge is 2.53. The molecule has 0 aromatic rings. The van der Waals surface area contributed by atoms with E-state index in [0.717, 1.165) is 0 Å². The van der Waals surface area contributed by atoms with E-state index in [9.17, 15) is 77.3 Å². The van der Waals surface area contributed by atoms with Crippen molar-refractivity contribution in [1.29, 1.82) is 0 Å². The lowest BCUT2D eigenvalue weighted by molar-refractivity contribution is -0.132. The molecule has 0 aromatic heterocycles.